The highest BCUT2D eigenvalue weighted by atomic mass is 16.3. The summed E-state index contributed by atoms with van der Waals surface area (Å²) in [4.78, 5) is 49.9. The second-order valence-corrected chi connectivity index (χ2v) is 12.6. The second kappa shape index (κ2) is 14.3. The summed E-state index contributed by atoms with van der Waals surface area (Å²) < 4.78 is 0. The van der Waals surface area contributed by atoms with Gasteiger partial charge < -0.3 is 14.9 Å². The molecule has 0 unspecified atom stereocenters. The summed E-state index contributed by atoms with van der Waals surface area (Å²) in [7, 11) is 0. The lowest BCUT2D eigenvalue weighted by Crippen LogP contribution is -2.33. The highest BCUT2D eigenvalue weighted by Crippen LogP contribution is 2.38. The monoisotopic (exact) mass is 631 g/mol. The SMILES string of the molecule is CCCCN(CCCC)C(=O)c1ccc2c(c1)C(O)=C(c1ccc3cccc(N(CCC)C(=O)c4c(C)cc(C)cc4C)c3n1)C2=O. The third kappa shape index (κ3) is 6.57. The van der Waals surface area contributed by atoms with E-state index < -0.39 is 0 Å². The Bertz CT molecular complexity index is 1860. The molecule has 0 aliphatic heterocycles. The van der Waals surface area contributed by atoms with Crippen molar-refractivity contribution in [2.24, 2.45) is 0 Å². The number of carbonyl (C=O) groups excluding carboxylic acids is 3. The number of aliphatic hydroxyl groups is 1. The van der Waals surface area contributed by atoms with Crippen molar-refractivity contribution in [1.82, 2.24) is 9.88 Å². The van der Waals surface area contributed by atoms with Crippen LogP contribution in [0.4, 0.5) is 5.69 Å². The van der Waals surface area contributed by atoms with Gasteiger partial charge in [-0.2, -0.15) is 0 Å². The van der Waals surface area contributed by atoms with Crippen LogP contribution in [0.2, 0.25) is 0 Å². The van der Waals surface area contributed by atoms with Crippen molar-refractivity contribution in [3.63, 3.8) is 0 Å². The summed E-state index contributed by atoms with van der Waals surface area (Å²) in [6.07, 6.45) is 4.53. The van der Waals surface area contributed by atoms with E-state index in [1.807, 2.05) is 69.0 Å². The smallest absolute Gasteiger partial charge is 0.258 e. The van der Waals surface area contributed by atoms with Crippen molar-refractivity contribution in [2.75, 3.05) is 24.5 Å². The number of Topliss-reactive ketones (excluding diaryl/α,β-unsaturated/α-hetero) is 1. The third-order valence-electron chi connectivity index (χ3n) is 8.91. The number of allylic oxidation sites excluding steroid dienone is 1. The molecule has 1 heterocycles. The van der Waals surface area contributed by atoms with Crippen molar-refractivity contribution in [1.29, 1.82) is 0 Å². The summed E-state index contributed by atoms with van der Waals surface area (Å²) in [6.45, 7) is 14.0. The van der Waals surface area contributed by atoms with E-state index in [0.717, 1.165) is 54.2 Å². The van der Waals surface area contributed by atoms with Crippen LogP contribution in [0.15, 0.2) is 60.7 Å². The predicted molar refractivity (Wildman–Crippen MR) is 190 cm³/mol. The van der Waals surface area contributed by atoms with Gasteiger partial charge in [-0.05, 0) is 81.5 Å². The second-order valence-electron chi connectivity index (χ2n) is 12.6. The molecule has 0 spiro atoms. The zero-order valence-corrected chi connectivity index (χ0v) is 28.4. The zero-order valence-electron chi connectivity index (χ0n) is 28.4. The van der Waals surface area contributed by atoms with E-state index >= 15 is 0 Å². The van der Waals surface area contributed by atoms with Gasteiger partial charge in [0.25, 0.3) is 11.8 Å². The van der Waals surface area contributed by atoms with Gasteiger partial charge in [0, 0.05) is 47.3 Å². The molecule has 7 nitrogen and oxygen atoms in total. The molecule has 0 fully saturated rings. The number of para-hydroxylation sites is 1. The van der Waals surface area contributed by atoms with Gasteiger partial charge >= 0.3 is 0 Å². The number of nitrogens with zero attached hydrogens (tertiary/aromatic N) is 3. The number of fused-ring (bicyclic) bond motifs is 2. The summed E-state index contributed by atoms with van der Waals surface area (Å²) in [5, 5.41) is 12.3. The Morgan fingerprint density at radius 3 is 2.09 bits per heavy atom. The van der Waals surface area contributed by atoms with E-state index in [2.05, 4.69) is 13.8 Å². The number of benzene rings is 3. The minimum Gasteiger partial charge on any atom is -0.506 e. The third-order valence-corrected chi connectivity index (χ3v) is 8.91. The van der Waals surface area contributed by atoms with Crippen molar-refractivity contribution in [3.05, 3.63) is 105 Å². The Balaban J connectivity index is 1.56. The van der Waals surface area contributed by atoms with Crippen LogP contribution in [-0.4, -0.2) is 52.2 Å². The van der Waals surface area contributed by atoms with Crippen LogP contribution in [0.25, 0.3) is 22.2 Å². The molecule has 47 heavy (non-hydrogen) atoms. The number of unbranched alkanes of at least 4 members (excludes halogenated alkanes) is 2. The van der Waals surface area contributed by atoms with E-state index in [9.17, 15) is 19.5 Å². The lowest BCUT2D eigenvalue weighted by molar-refractivity contribution is 0.0750. The molecule has 4 aromatic rings. The van der Waals surface area contributed by atoms with Crippen molar-refractivity contribution in [3.8, 4) is 0 Å². The zero-order chi connectivity index (χ0) is 33.8. The molecule has 1 aliphatic rings. The maximum Gasteiger partial charge on any atom is 0.258 e. The molecule has 0 bridgehead atoms. The average molecular weight is 632 g/mol. The molecule has 5 rings (SSSR count). The van der Waals surface area contributed by atoms with Crippen LogP contribution in [-0.2, 0) is 0 Å². The molecule has 1 aliphatic carbocycles. The molecule has 0 radical (unpaired) electrons. The summed E-state index contributed by atoms with van der Waals surface area (Å²) in [5.41, 5.74) is 6.36. The summed E-state index contributed by atoms with van der Waals surface area (Å²) in [5.74, 6) is -0.735. The Labute approximate surface area is 277 Å². The fraction of sp³-hybridized carbons (Fsp3) is 0.350. The highest BCUT2D eigenvalue weighted by molar-refractivity contribution is 6.38. The van der Waals surface area contributed by atoms with Gasteiger partial charge in [-0.3, -0.25) is 14.4 Å². The van der Waals surface area contributed by atoms with E-state index in [-0.39, 0.29) is 28.9 Å². The first kappa shape index (κ1) is 33.6. The van der Waals surface area contributed by atoms with E-state index in [0.29, 0.717) is 58.8 Å². The van der Waals surface area contributed by atoms with Gasteiger partial charge in [0.15, 0.2) is 5.78 Å². The van der Waals surface area contributed by atoms with Crippen LogP contribution in [0.3, 0.4) is 0 Å². The number of hydrogen-bond acceptors (Lipinski definition) is 5. The topological polar surface area (TPSA) is 90.8 Å². The van der Waals surface area contributed by atoms with Crippen LogP contribution in [0.1, 0.15) is 112 Å². The Kier molecular flexibility index (Phi) is 10.2. The molecule has 1 aromatic heterocycles. The van der Waals surface area contributed by atoms with Crippen molar-refractivity contribution in [2.45, 2.75) is 73.6 Å². The molecule has 244 valence electrons. The number of carbonyl (C=O) groups is 3. The minimum atomic E-state index is -0.345. The average Bonchev–Trinajstić information content (AvgIpc) is 3.30. The highest BCUT2D eigenvalue weighted by Gasteiger charge is 2.33. The fourth-order valence-corrected chi connectivity index (χ4v) is 6.58. The number of aryl methyl sites for hydroxylation is 3. The number of pyridine rings is 1. The molecule has 2 amide bonds. The number of amides is 2. The lowest BCUT2D eigenvalue weighted by atomic mass is 9.98. The fourth-order valence-electron chi connectivity index (χ4n) is 6.58. The number of anilines is 1. The van der Waals surface area contributed by atoms with Gasteiger partial charge in [-0.1, -0.05) is 69.5 Å². The Morgan fingerprint density at radius 1 is 0.766 bits per heavy atom. The van der Waals surface area contributed by atoms with E-state index in [1.54, 1.807) is 29.2 Å². The summed E-state index contributed by atoms with van der Waals surface area (Å²) in [6, 6.07) is 18.3. The molecular weight excluding hydrogens is 586 g/mol. The van der Waals surface area contributed by atoms with Gasteiger partial charge in [0.1, 0.15) is 5.76 Å². The van der Waals surface area contributed by atoms with Gasteiger partial charge in [0.2, 0.25) is 0 Å². The number of rotatable bonds is 12. The quantitative estimate of drug-likeness (QED) is 0.169. The molecule has 0 saturated heterocycles. The van der Waals surface area contributed by atoms with E-state index in [4.69, 9.17) is 4.98 Å². The van der Waals surface area contributed by atoms with E-state index in [1.165, 1.54) is 0 Å². The van der Waals surface area contributed by atoms with Crippen LogP contribution < -0.4 is 4.90 Å². The first-order valence-electron chi connectivity index (χ1n) is 16.8. The maximum atomic E-state index is 14.1. The van der Waals surface area contributed by atoms with Crippen LogP contribution in [0, 0.1) is 20.8 Å². The van der Waals surface area contributed by atoms with Gasteiger partial charge in [0.05, 0.1) is 22.5 Å². The van der Waals surface area contributed by atoms with Gasteiger partial charge in [-0.15, -0.1) is 0 Å². The van der Waals surface area contributed by atoms with Crippen LogP contribution >= 0.6 is 0 Å². The van der Waals surface area contributed by atoms with Crippen molar-refractivity contribution >= 4 is 45.5 Å². The number of aromatic nitrogens is 1. The summed E-state index contributed by atoms with van der Waals surface area (Å²) >= 11 is 0. The molecular formula is C40H45N3O4. The molecule has 3 aromatic carbocycles. The Hall–Kier alpha value is -4.78. The minimum absolute atomic E-state index is 0.0914. The Morgan fingerprint density at radius 2 is 1.45 bits per heavy atom. The number of hydrogen-bond donors (Lipinski definition) is 1. The normalized spacial score (nSPS) is 12.5. The molecule has 0 saturated carbocycles. The molecule has 7 heteroatoms. The van der Waals surface area contributed by atoms with Crippen molar-refractivity contribution < 1.29 is 19.5 Å². The lowest BCUT2D eigenvalue weighted by Gasteiger charge is -2.25. The number of ketones is 1. The largest absolute Gasteiger partial charge is 0.506 e. The first-order chi connectivity index (χ1) is 22.6. The first-order valence-corrected chi connectivity index (χ1v) is 16.8. The standard InChI is InChI=1S/C40H45N3O4/c1-7-10-20-42(21-11-8-2)39(46)29-15-17-30-31(24-29)38(45)35(37(30)44)32-18-16-28-13-12-14-33(36(28)41-32)43(19-9-3)40(47)34-26(5)22-25(4)23-27(34)6/h12-18,22-24,45H,7-11,19-21H2,1-6H3. The predicted octanol–water partition coefficient (Wildman–Crippen LogP) is 8.88. The molecule has 0 atom stereocenters. The number of aliphatic hydroxyl groups excluding tert-OH is 1. The van der Waals surface area contributed by atoms with Crippen LogP contribution in [0.5, 0.6) is 0 Å². The molecule has 1 N–H and O–H groups in total. The van der Waals surface area contributed by atoms with Gasteiger partial charge in [-0.25, -0.2) is 4.98 Å². The maximum absolute atomic E-state index is 14.1.